The average Bonchev–Trinajstić information content (AvgIpc) is 3.12. The first-order valence-corrected chi connectivity index (χ1v) is 9.85. The molecule has 3 rings (SSSR count). The summed E-state index contributed by atoms with van der Waals surface area (Å²) in [5.41, 5.74) is 1.23. The minimum Gasteiger partial charge on any atom is -0.480 e. The molecular weight excluding hydrogens is 359 g/mol. The molecule has 2 aromatic carbocycles. The molecular formula is C19H17FO3S2. The van der Waals surface area contributed by atoms with E-state index in [1.54, 1.807) is 36.4 Å². The molecule has 1 unspecified atom stereocenters. The molecule has 1 saturated heterocycles. The topological polar surface area (TPSA) is 54.4 Å². The van der Waals surface area contributed by atoms with Gasteiger partial charge in [0.2, 0.25) is 0 Å². The first kappa shape index (κ1) is 18.0. The van der Waals surface area contributed by atoms with Crippen LogP contribution in [0.4, 0.5) is 4.39 Å². The lowest BCUT2D eigenvalue weighted by molar-refractivity contribution is -0.137. The highest BCUT2D eigenvalue weighted by Crippen LogP contribution is 2.54. The molecule has 0 bridgehead atoms. The van der Waals surface area contributed by atoms with Gasteiger partial charge in [0.05, 0.1) is 0 Å². The van der Waals surface area contributed by atoms with Crippen molar-refractivity contribution >= 4 is 35.3 Å². The van der Waals surface area contributed by atoms with Gasteiger partial charge in [-0.3, -0.25) is 4.79 Å². The molecule has 130 valence electrons. The van der Waals surface area contributed by atoms with Gasteiger partial charge in [0.25, 0.3) is 0 Å². The Kier molecular flexibility index (Phi) is 5.49. The fraction of sp³-hybridized carbons (Fsp3) is 0.263. The van der Waals surface area contributed by atoms with E-state index in [-0.39, 0.29) is 18.0 Å². The van der Waals surface area contributed by atoms with E-state index in [9.17, 15) is 19.1 Å². The first-order chi connectivity index (χ1) is 12.0. The van der Waals surface area contributed by atoms with Crippen molar-refractivity contribution in [1.82, 2.24) is 0 Å². The van der Waals surface area contributed by atoms with E-state index >= 15 is 0 Å². The number of halogens is 1. The highest BCUT2D eigenvalue weighted by molar-refractivity contribution is 8.22. The molecule has 1 aliphatic rings. The van der Waals surface area contributed by atoms with E-state index in [1.165, 1.54) is 35.7 Å². The Hall–Kier alpha value is -1.79. The number of thioether (sulfide) groups is 2. The predicted molar refractivity (Wildman–Crippen MR) is 99.8 cm³/mol. The van der Waals surface area contributed by atoms with Crippen LogP contribution in [-0.2, 0) is 4.79 Å². The molecule has 1 N–H and O–H groups in total. The number of hydrogen-bond acceptors (Lipinski definition) is 4. The van der Waals surface area contributed by atoms with Crippen LogP contribution in [0.15, 0.2) is 54.6 Å². The van der Waals surface area contributed by atoms with E-state index in [2.05, 4.69) is 0 Å². The van der Waals surface area contributed by atoms with E-state index < -0.39 is 16.0 Å². The first-order valence-electron chi connectivity index (χ1n) is 7.88. The summed E-state index contributed by atoms with van der Waals surface area (Å²) in [7, 11) is 0. The number of ketones is 1. The lowest BCUT2D eigenvalue weighted by Crippen LogP contribution is -2.37. The monoisotopic (exact) mass is 376 g/mol. The van der Waals surface area contributed by atoms with Crippen molar-refractivity contribution in [2.75, 3.05) is 11.5 Å². The summed E-state index contributed by atoms with van der Waals surface area (Å²) < 4.78 is 12.2. The number of hydrogen-bond donors (Lipinski definition) is 1. The fourth-order valence-electron chi connectivity index (χ4n) is 3.00. The fourth-order valence-corrected chi connectivity index (χ4v) is 6.19. The summed E-state index contributed by atoms with van der Waals surface area (Å²) in [5.74, 6) is -0.523. The maximum atomic E-state index is 13.3. The van der Waals surface area contributed by atoms with Gasteiger partial charge in [-0.2, -0.15) is 0 Å². The summed E-state index contributed by atoms with van der Waals surface area (Å²) in [6.45, 7) is 0. The number of rotatable bonds is 6. The smallest absolute Gasteiger partial charge is 0.330 e. The van der Waals surface area contributed by atoms with Crippen LogP contribution in [0, 0.1) is 5.82 Å². The second-order valence-corrected chi connectivity index (χ2v) is 8.71. The Morgan fingerprint density at radius 3 is 2.20 bits per heavy atom. The average molecular weight is 376 g/mol. The predicted octanol–water partition coefficient (Wildman–Crippen LogP) is 4.44. The standard InChI is InChI=1S/C19H17FO3S2/c20-15-8-6-13(7-9-15)16(19(18(22)23)24-10-11-25-19)12-17(21)14-4-2-1-3-5-14/h1-9,16H,10-12H2,(H,22,23). The van der Waals surface area contributed by atoms with Crippen LogP contribution < -0.4 is 0 Å². The summed E-state index contributed by atoms with van der Waals surface area (Å²) in [4.78, 5) is 24.8. The van der Waals surface area contributed by atoms with Crippen LogP contribution in [0.25, 0.3) is 0 Å². The van der Waals surface area contributed by atoms with E-state index in [4.69, 9.17) is 0 Å². The molecule has 6 heteroatoms. The molecule has 0 amide bonds. The quantitative estimate of drug-likeness (QED) is 0.755. The van der Waals surface area contributed by atoms with Gasteiger partial charge < -0.3 is 5.11 Å². The lowest BCUT2D eigenvalue weighted by Gasteiger charge is -2.32. The van der Waals surface area contributed by atoms with Crippen LogP contribution in [-0.4, -0.2) is 32.4 Å². The van der Waals surface area contributed by atoms with Crippen LogP contribution in [0.2, 0.25) is 0 Å². The van der Waals surface area contributed by atoms with E-state index in [1.807, 2.05) is 6.07 Å². The van der Waals surface area contributed by atoms with Gasteiger partial charge in [0, 0.05) is 29.4 Å². The largest absolute Gasteiger partial charge is 0.480 e. The molecule has 3 nitrogen and oxygen atoms in total. The number of carbonyl (C=O) groups is 2. The van der Waals surface area contributed by atoms with Crippen molar-refractivity contribution in [3.63, 3.8) is 0 Å². The minimum absolute atomic E-state index is 0.0714. The lowest BCUT2D eigenvalue weighted by atomic mass is 9.88. The number of carboxylic acids is 1. The molecule has 0 spiro atoms. The van der Waals surface area contributed by atoms with Crippen LogP contribution in [0.5, 0.6) is 0 Å². The second kappa shape index (κ2) is 7.62. The van der Waals surface area contributed by atoms with Crippen molar-refractivity contribution in [2.24, 2.45) is 0 Å². The van der Waals surface area contributed by atoms with E-state index in [0.717, 1.165) is 0 Å². The van der Waals surface area contributed by atoms with Crippen molar-refractivity contribution in [1.29, 1.82) is 0 Å². The zero-order valence-electron chi connectivity index (χ0n) is 13.4. The molecule has 0 aromatic heterocycles. The summed E-state index contributed by atoms with van der Waals surface area (Å²) in [6, 6.07) is 14.7. The number of carboxylic acid groups (broad SMARTS) is 1. The maximum Gasteiger partial charge on any atom is 0.330 e. The zero-order chi connectivity index (χ0) is 17.9. The van der Waals surface area contributed by atoms with Gasteiger partial charge in [-0.25, -0.2) is 9.18 Å². The molecule has 1 atom stereocenters. The third-order valence-corrected chi connectivity index (χ3v) is 7.79. The van der Waals surface area contributed by atoms with Crippen molar-refractivity contribution in [3.8, 4) is 0 Å². The number of Topliss-reactive ketones (excluding diaryl/α,β-unsaturated/α-hetero) is 1. The molecule has 2 aromatic rings. The molecule has 0 radical (unpaired) electrons. The minimum atomic E-state index is -1.12. The normalized spacial score (nSPS) is 17.2. The van der Waals surface area contributed by atoms with Crippen LogP contribution in [0.3, 0.4) is 0 Å². The van der Waals surface area contributed by atoms with Gasteiger partial charge >= 0.3 is 5.97 Å². The second-order valence-electron chi connectivity index (χ2n) is 5.77. The van der Waals surface area contributed by atoms with Crippen molar-refractivity contribution < 1.29 is 19.1 Å². The Labute approximate surface area is 154 Å². The number of benzene rings is 2. The summed E-state index contributed by atoms with van der Waals surface area (Å²) in [6.07, 6.45) is 0.0714. The Morgan fingerprint density at radius 2 is 1.64 bits per heavy atom. The molecule has 0 saturated carbocycles. The highest BCUT2D eigenvalue weighted by Gasteiger charge is 2.51. The molecule has 1 fully saturated rings. The SMILES string of the molecule is O=C(CC(c1ccc(F)cc1)C1(C(=O)O)SCCS1)c1ccccc1. The molecule has 1 heterocycles. The van der Waals surface area contributed by atoms with Gasteiger partial charge in [0.15, 0.2) is 9.86 Å². The molecule has 25 heavy (non-hydrogen) atoms. The third kappa shape index (κ3) is 3.75. The van der Waals surface area contributed by atoms with Gasteiger partial charge in [0.1, 0.15) is 5.82 Å². The summed E-state index contributed by atoms with van der Waals surface area (Å²) >= 11 is 2.72. The van der Waals surface area contributed by atoms with Gasteiger partial charge in [-0.15, -0.1) is 23.5 Å². The van der Waals surface area contributed by atoms with Gasteiger partial charge in [-0.05, 0) is 17.7 Å². The van der Waals surface area contributed by atoms with E-state index in [0.29, 0.717) is 22.6 Å². The number of carbonyl (C=O) groups excluding carboxylic acids is 1. The molecule has 0 aliphatic carbocycles. The molecule has 1 aliphatic heterocycles. The Balaban J connectivity index is 1.98. The highest BCUT2D eigenvalue weighted by atomic mass is 32.2. The van der Waals surface area contributed by atoms with Gasteiger partial charge in [-0.1, -0.05) is 42.5 Å². The van der Waals surface area contributed by atoms with Crippen LogP contribution in [0.1, 0.15) is 28.3 Å². The van der Waals surface area contributed by atoms with Crippen LogP contribution >= 0.6 is 23.5 Å². The summed E-state index contributed by atoms with van der Waals surface area (Å²) in [5, 5.41) is 9.91. The third-order valence-electron chi connectivity index (χ3n) is 4.23. The van der Waals surface area contributed by atoms with Crippen molar-refractivity contribution in [3.05, 3.63) is 71.5 Å². The number of aliphatic carboxylic acids is 1. The van der Waals surface area contributed by atoms with Crippen molar-refractivity contribution in [2.45, 2.75) is 16.4 Å². The maximum absolute atomic E-state index is 13.3. The zero-order valence-corrected chi connectivity index (χ0v) is 15.0. The Bertz CT molecular complexity index is 756. The Morgan fingerprint density at radius 1 is 1.04 bits per heavy atom.